The number of ether oxygens (including phenoxy) is 1. The average molecular weight is 262 g/mol. The Morgan fingerprint density at radius 2 is 1.79 bits per heavy atom. The van der Waals surface area contributed by atoms with Crippen molar-refractivity contribution in [3.8, 4) is 5.75 Å². The molecule has 2 rings (SSSR count). The molecule has 0 aromatic heterocycles. The monoisotopic (exact) mass is 262 g/mol. The maximum atomic E-state index is 5.64. The summed E-state index contributed by atoms with van der Waals surface area (Å²) >= 11 is 0. The molecule has 1 N–H and O–H groups in total. The van der Waals surface area contributed by atoms with Gasteiger partial charge in [0, 0.05) is 37.3 Å². The summed E-state index contributed by atoms with van der Waals surface area (Å²) < 4.78 is 5.64. The number of rotatable bonds is 3. The Kier molecular flexibility index (Phi) is 4.16. The van der Waals surface area contributed by atoms with Gasteiger partial charge in [-0.2, -0.15) is 0 Å². The number of hydrogen-bond acceptors (Lipinski definition) is 3. The van der Waals surface area contributed by atoms with Gasteiger partial charge < -0.3 is 10.1 Å². The Morgan fingerprint density at radius 3 is 2.37 bits per heavy atom. The molecule has 1 fully saturated rings. The number of hydrogen-bond donors (Lipinski definition) is 1. The molecule has 0 atom stereocenters. The van der Waals surface area contributed by atoms with Gasteiger partial charge in [-0.05, 0) is 44.9 Å². The van der Waals surface area contributed by atoms with Gasteiger partial charge in [-0.3, -0.25) is 4.90 Å². The van der Waals surface area contributed by atoms with Crippen LogP contribution in [0.2, 0.25) is 0 Å². The molecule has 0 aliphatic carbocycles. The van der Waals surface area contributed by atoms with E-state index in [0.717, 1.165) is 31.9 Å². The largest absolute Gasteiger partial charge is 0.496 e. The normalized spacial score (nSPS) is 17.5. The third kappa shape index (κ3) is 2.77. The molecule has 0 unspecified atom stereocenters. The first-order valence-electron chi connectivity index (χ1n) is 7.08. The summed E-state index contributed by atoms with van der Waals surface area (Å²) in [6.45, 7) is 13.2. The van der Waals surface area contributed by atoms with Crippen LogP contribution in [0.4, 0.5) is 0 Å². The summed E-state index contributed by atoms with van der Waals surface area (Å²) in [6, 6.07) is 4.40. The highest BCUT2D eigenvalue weighted by Gasteiger charge is 2.33. The summed E-state index contributed by atoms with van der Waals surface area (Å²) in [7, 11) is 1.77. The molecule has 3 heteroatoms. The van der Waals surface area contributed by atoms with E-state index in [-0.39, 0.29) is 5.54 Å². The molecule has 19 heavy (non-hydrogen) atoms. The van der Waals surface area contributed by atoms with Crippen molar-refractivity contribution in [1.29, 1.82) is 0 Å². The maximum absolute atomic E-state index is 5.64. The first kappa shape index (κ1) is 14.4. The van der Waals surface area contributed by atoms with Crippen molar-refractivity contribution >= 4 is 0 Å². The molecule has 1 heterocycles. The molecule has 1 aromatic rings. The molecule has 1 saturated heterocycles. The molecule has 0 saturated carbocycles. The standard InChI is InChI=1S/C16H26N2O/c1-12-10-13(2)15(14(11-12)19-5)16(3,4)18-8-6-17-7-9-18/h10-11,17H,6-9H2,1-5H3. The molecule has 0 amide bonds. The second-order valence-corrected chi connectivity index (χ2v) is 5.96. The van der Waals surface area contributed by atoms with Crippen LogP contribution in [0.5, 0.6) is 5.75 Å². The zero-order valence-electron chi connectivity index (χ0n) is 12.8. The Balaban J connectivity index is 2.43. The number of nitrogens with zero attached hydrogens (tertiary/aromatic N) is 1. The van der Waals surface area contributed by atoms with Gasteiger partial charge in [-0.25, -0.2) is 0 Å². The third-order valence-corrected chi connectivity index (χ3v) is 4.18. The van der Waals surface area contributed by atoms with Crippen molar-refractivity contribution < 1.29 is 4.74 Å². The molecule has 1 aromatic carbocycles. The maximum Gasteiger partial charge on any atom is 0.124 e. The van der Waals surface area contributed by atoms with Crippen LogP contribution in [0.3, 0.4) is 0 Å². The van der Waals surface area contributed by atoms with E-state index in [1.165, 1.54) is 16.7 Å². The summed E-state index contributed by atoms with van der Waals surface area (Å²) in [5.74, 6) is 1.01. The van der Waals surface area contributed by atoms with Crippen LogP contribution in [-0.4, -0.2) is 38.2 Å². The quantitative estimate of drug-likeness (QED) is 0.905. The van der Waals surface area contributed by atoms with E-state index in [9.17, 15) is 0 Å². The molecular weight excluding hydrogens is 236 g/mol. The van der Waals surface area contributed by atoms with Gasteiger partial charge >= 0.3 is 0 Å². The van der Waals surface area contributed by atoms with Crippen LogP contribution < -0.4 is 10.1 Å². The molecule has 0 radical (unpaired) electrons. The zero-order chi connectivity index (χ0) is 14.0. The molecule has 106 valence electrons. The summed E-state index contributed by atoms with van der Waals surface area (Å²) in [6.07, 6.45) is 0. The van der Waals surface area contributed by atoms with E-state index in [2.05, 4.69) is 50.0 Å². The predicted molar refractivity (Wildman–Crippen MR) is 79.9 cm³/mol. The Bertz CT molecular complexity index is 448. The fourth-order valence-electron chi connectivity index (χ4n) is 3.26. The highest BCUT2D eigenvalue weighted by molar-refractivity contribution is 5.47. The second kappa shape index (κ2) is 5.51. The zero-order valence-corrected chi connectivity index (χ0v) is 12.8. The van der Waals surface area contributed by atoms with Gasteiger partial charge in [-0.1, -0.05) is 6.07 Å². The highest BCUT2D eigenvalue weighted by Crippen LogP contribution is 2.37. The topological polar surface area (TPSA) is 24.5 Å². The lowest BCUT2D eigenvalue weighted by Gasteiger charge is -2.42. The van der Waals surface area contributed by atoms with Crippen molar-refractivity contribution in [3.63, 3.8) is 0 Å². The fraction of sp³-hybridized carbons (Fsp3) is 0.625. The first-order valence-corrected chi connectivity index (χ1v) is 7.08. The molecule has 1 aliphatic rings. The van der Waals surface area contributed by atoms with Gasteiger partial charge in [0.15, 0.2) is 0 Å². The Morgan fingerprint density at radius 1 is 1.16 bits per heavy atom. The van der Waals surface area contributed by atoms with E-state index in [1.54, 1.807) is 7.11 Å². The van der Waals surface area contributed by atoms with E-state index in [0.29, 0.717) is 0 Å². The fourth-order valence-corrected chi connectivity index (χ4v) is 3.26. The minimum Gasteiger partial charge on any atom is -0.496 e. The minimum atomic E-state index is 0.00519. The van der Waals surface area contributed by atoms with Crippen LogP contribution in [0.1, 0.15) is 30.5 Å². The van der Waals surface area contributed by atoms with Crippen LogP contribution in [0, 0.1) is 13.8 Å². The van der Waals surface area contributed by atoms with Gasteiger partial charge in [0.25, 0.3) is 0 Å². The minimum absolute atomic E-state index is 0.00519. The smallest absolute Gasteiger partial charge is 0.124 e. The third-order valence-electron chi connectivity index (χ3n) is 4.18. The van der Waals surface area contributed by atoms with Crippen molar-refractivity contribution in [2.24, 2.45) is 0 Å². The Labute approximate surface area is 116 Å². The van der Waals surface area contributed by atoms with Crippen molar-refractivity contribution in [2.45, 2.75) is 33.2 Å². The van der Waals surface area contributed by atoms with E-state index in [1.807, 2.05) is 0 Å². The molecule has 0 bridgehead atoms. The predicted octanol–water partition coefficient (Wildman–Crippen LogP) is 2.45. The van der Waals surface area contributed by atoms with E-state index >= 15 is 0 Å². The summed E-state index contributed by atoms with van der Waals surface area (Å²) in [4.78, 5) is 2.55. The van der Waals surface area contributed by atoms with Crippen LogP contribution in [-0.2, 0) is 5.54 Å². The second-order valence-electron chi connectivity index (χ2n) is 5.96. The van der Waals surface area contributed by atoms with Gasteiger partial charge in [-0.15, -0.1) is 0 Å². The number of aryl methyl sites for hydroxylation is 2. The van der Waals surface area contributed by atoms with Gasteiger partial charge in [0.05, 0.1) is 7.11 Å². The van der Waals surface area contributed by atoms with E-state index in [4.69, 9.17) is 4.74 Å². The van der Waals surface area contributed by atoms with Crippen molar-refractivity contribution in [3.05, 3.63) is 28.8 Å². The van der Waals surface area contributed by atoms with Crippen molar-refractivity contribution in [1.82, 2.24) is 10.2 Å². The lowest BCUT2D eigenvalue weighted by molar-refractivity contribution is 0.0994. The Hall–Kier alpha value is -1.06. The number of nitrogens with one attached hydrogen (secondary N) is 1. The van der Waals surface area contributed by atoms with Gasteiger partial charge in [0.2, 0.25) is 0 Å². The molecule has 3 nitrogen and oxygen atoms in total. The van der Waals surface area contributed by atoms with E-state index < -0.39 is 0 Å². The lowest BCUT2D eigenvalue weighted by Crippen LogP contribution is -2.52. The van der Waals surface area contributed by atoms with Crippen LogP contribution in [0.15, 0.2) is 12.1 Å². The summed E-state index contributed by atoms with van der Waals surface area (Å²) in [5, 5.41) is 3.42. The number of methoxy groups -OCH3 is 1. The number of piperazine rings is 1. The van der Waals surface area contributed by atoms with Gasteiger partial charge in [0.1, 0.15) is 5.75 Å². The van der Waals surface area contributed by atoms with Crippen LogP contribution in [0.25, 0.3) is 0 Å². The molecule has 0 spiro atoms. The lowest BCUT2D eigenvalue weighted by atomic mass is 9.86. The van der Waals surface area contributed by atoms with Crippen molar-refractivity contribution in [2.75, 3.05) is 33.3 Å². The number of benzene rings is 1. The first-order chi connectivity index (χ1) is 8.96. The average Bonchev–Trinajstić information content (AvgIpc) is 2.38. The molecular formula is C16H26N2O. The SMILES string of the molecule is COc1cc(C)cc(C)c1C(C)(C)N1CCNCC1. The summed E-state index contributed by atoms with van der Waals surface area (Å²) in [5.41, 5.74) is 3.91. The highest BCUT2D eigenvalue weighted by atomic mass is 16.5. The van der Waals surface area contributed by atoms with Crippen LogP contribution >= 0.6 is 0 Å². The molecule has 1 aliphatic heterocycles.